The number of ketones is 2. The third kappa shape index (κ3) is 2.53. The van der Waals surface area contributed by atoms with Crippen molar-refractivity contribution in [2.75, 3.05) is 0 Å². The van der Waals surface area contributed by atoms with Crippen LogP contribution in [0.15, 0.2) is 12.1 Å². The lowest BCUT2D eigenvalue weighted by Gasteiger charge is -2.21. The SMILES string of the molecule is Cc1cc(C)c(C(=O)C2CCC(=O)CC2)c(C)c1. The number of hydrogen-bond acceptors (Lipinski definition) is 2. The molecule has 0 amide bonds. The Morgan fingerprint density at radius 1 is 1.06 bits per heavy atom. The summed E-state index contributed by atoms with van der Waals surface area (Å²) in [4.78, 5) is 23.8. The summed E-state index contributed by atoms with van der Waals surface area (Å²) in [5.41, 5.74) is 4.20. The molecule has 1 aromatic rings. The van der Waals surface area contributed by atoms with Crippen molar-refractivity contribution in [3.8, 4) is 0 Å². The fourth-order valence-corrected chi connectivity index (χ4v) is 2.97. The van der Waals surface area contributed by atoms with Gasteiger partial charge in [0.15, 0.2) is 5.78 Å². The third-order valence-electron chi connectivity index (χ3n) is 3.84. The van der Waals surface area contributed by atoms with Crippen LogP contribution in [0.1, 0.15) is 52.7 Å². The maximum atomic E-state index is 12.5. The molecule has 18 heavy (non-hydrogen) atoms. The van der Waals surface area contributed by atoms with Crippen molar-refractivity contribution < 1.29 is 9.59 Å². The maximum Gasteiger partial charge on any atom is 0.166 e. The molecule has 1 aromatic carbocycles. The second-order valence-electron chi connectivity index (χ2n) is 5.45. The van der Waals surface area contributed by atoms with E-state index in [0.29, 0.717) is 18.6 Å². The zero-order valence-electron chi connectivity index (χ0n) is 11.4. The van der Waals surface area contributed by atoms with Gasteiger partial charge in [0.2, 0.25) is 0 Å². The molecule has 0 N–H and O–H groups in total. The van der Waals surface area contributed by atoms with Crippen molar-refractivity contribution in [1.29, 1.82) is 0 Å². The average Bonchev–Trinajstić information content (AvgIpc) is 2.28. The fourth-order valence-electron chi connectivity index (χ4n) is 2.97. The number of hydrogen-bond donors (Lipinski definition) is 0. The first-order chi connectivity index (χ1) is 8.49. The van der Waals surface area contributed by atoms with Gasteiger partial charge in [-0.05, 0) is 44.7 Å². The van der Waals surface area contributed by atoms with Gasteiger partial charge in [0.1, 0.15) is 5.78 Å². The molecule has 0 heterocycles. The second kappa shape index (κ2) is 5.05. The lowest BCUT2D eigenvalue weighted by molar-refractivity contribution is -0.120. The van der Waals surface area contributed by atoms with E-state index in [0.717, 1.165) is 29.5 Å². The van der Waals surface area contributed by atoms with Crippen LogP contribution < -0.4 is 0 Å². The number of aryl methyl sites for hydroxylation is 3. The highest BCUT2D eigenvalue weighted by molar-refractivity contribution is 6.01. The van der Waals surface area contributed by atoms with Gasteiger partial charge >= 0.3 is 0 Å². The molecule has 1 aliphatic rings. The van der Waals surface area contributed by atoms with E-state index in [9.17, 15) is 9.59 Å². The standard InChI is InChI=1S/C16H20O2/c1-10-8-11(2)15(12(3)9-10)16(18)13-4-6-14(17)7-5-13/h8-9,13H,4-7H2,1-3H3. The Morgan fingerprint density at radius 2 is 1.56 bits per heavy atom. The molecule has 1 aliphatic carbocycles. The smallest absolute Gasteiger partial charge is 0.166 e. The monoisotopic (exact) mass is 244 g/mol. The van der Waals surface area contributed by atoms with Gasteiger partial charge in [0.25, 0.3) is 0 Å². The van der Waals surface area contributed by atoms with Gasteiger partial charge in [-0.25, -0.2) is 0 Å². The predicted octanol–water partition coefficient (Wildman–Crippen LogP) is 3.55. The van der Waals surface area contributed by atoms with Crippen LogP contribution >= 0.6 is 0 Å². The average molecular weight is 244 g/mol. The summed E-state index contributed by atoms with van der Waals surface area (Å²) in [6.07, 6.45) is 2.59. The van der Waals surface area contributed by atoms with Crippen molar-refractivity contribution in [3.05, 3.63) is 34.4 Å². The third-order valence-corrected chi connectivity index (χ3v) is 3.84. The predicted molar refractivity (Wildman–Crippen MR) is 71.9 cm³/mol. The van der Waals surface area contributed by atoms with Gasteiger partial charge < -0.3 is 0 Å². The first kappa shape index (κ1) is 13.0. The quantitative estimate of drug-likeness (QED) is 0.745. The van der Waals surface area contributed by atoms with Gasteiger partial charge in [-0.3, -0.25) is 9.59 Å². The van der Waals surface area contributed by atoms with E-state index >= 15 is 0 Å². The number of benzene rings is 1. The number of Topliss-reactive ketones (excluding diaryl/α,β-unsaturated/α-hetero) is 2. The molecule has 0 aliphatic heterocycles. The summed E-state index contributed by atoms with van der Waals surface area (Å²) in [6.45, 7) is 6.05. The van der Waals surface area contributed by atoms with Gasteiger partial charge in [-0.2, -0.15) is 0 Å². The Balaban J connectivity index is 2.26. The Hall–Kier alpha value is -1.44. The van der Waals surface area contributed by atoms with Crippen molar-refractivity contribution >= 4 is 11.6 Å². The van der Waals surface area contributed by atoms with Gasteiger partial charge in [-0.15, -0.1) is 0 Å². The summed E-state index contributed by atoms with van der Waals surface area (Å²) in [6, 6.07) is 4.13. The second-order valence-corrected chi connectivity index (χ2v) is 5.45. The molecule has 1 saturated carbocycles. The maximum absolute atomic E-state index is 12.5. The van der Waals surface area contributed by atoms with Gasteiger partial charge in [0, 0.05) is 24.3 Å². The van der Waals surface area contributed by atoms with Crippen LogP contribution in [-0.2, 0) is 4.79 Å². The summed E-state index contributed by atoms with van der Waals surface area (Å²) in [5, 5.41) is 0. The highest BCUT2D eigenvalue weighted by Gasteiger charge is 2.27. The van der Waals surface area contributed by atoms with Crippen LogP contribution in [0, 0.1) is 26.7 Å². The lowest BCUT2D eigenvalue weighted by atomic mass is 9.81. The molecular formula is C16H20O2. The van der Waals surface area contributed by atoms with Crippen molar-refractivity contribution in [2.24, 2.45) is 5.92 Å². The zero-order valence-corrected chi connectivity index (χ0v) is 11.4. The van der Waals surface area contributed by atoms with Crippen LogP contribution in [-0.4, -0.2) is 11.6 Å². The van der Waals surface area contributed by atoms with Crippen molar-refractivity contribution in [3.63, 3.8) is 0 Å². The first-order valence-electron chi connectivity index (χ1n) is 6.63. The Morgan fingerprint density at radius 3 is 2.06 bits per heavy atom. The number of rotatable bonds is 2. The van der Waals surface area contributed by atoms with E-state index < -0.39 is 0 Å². The van der Waals surface area contributed by atoms with E-state index in [1.54, 1.807) is 0 Å². The molecule has 2 nitrogen and oxygen atoms in total. The molecule has 2 rings (SSSR count). The molecule has 1 fully saturated rings. The Kier molecular flexibility index (Phi) is 3.65. The summed E-state index contributed by atoms with van der Waals surface area (Å²) in [7, 11) is 0. The normalized spacial score (nSPS) is 16.9. The molecule has 2 heteroatoms. The largest absolute Gasteiger partial charge is 0.300 e. The molecule has 96 valence electrons. The van der Waals surface area contributed by atoms with E-state index in [1.807, 2.05) is 20.8 Å². The molecule has 0 radical (unpaired) electrons. The van der Waals surface area contributed by atoms with E-state index in [4.69, 9.17) is 0 Å². The minimum absolute atomic E-state index is 0.0443. The number of carbonyl (C=O) groups is 2. The van der Waals surface area contributed by atoms with Gasteiger partial charge in [-0.1, -0.05) is 17.7 Å². The van der Waals surface area contributed by atoms with Crippen molar-refractivity contribution in [2.45, 2.75) is 46.5 Å². The van der Waals surface area contributed by atoms with Crippen LogP contribution in [0.2, 0.25) is 0 Å². The minimum Gasteiger partial charge on any atom is -0.300 e. The van der Waals surface area contributed by atoms with Crippen LogP contribution in [0.4, 0.5) is 0 Å². The van der Waals surface area contributed by atoms with Crippen LogP contribution in [0.25, 0.3) is 0 Å². The first-order valence-corrected chi connectivity index (χ1v) is 6.63. The van der Waals surface area contributed by atoms with E-state index in [1.165, 1.54) is 5.56 Å². The molecule has 0 bridgehead atoms. The molecule has 0 spiro atoms. The highest BCUT2D eigenvalue weighted by Crippen LogP contribution is 2.28. The molecule has 0 atom stereocenters. The molecule has 0 aromatic heterocycles. The van der Waals surface area contributed by atoms with Crippen LogP contribution in [0.5, 0.6) is 0 Å². The lowest BCUT2D eigenvalue weighted by Crippen LogP contribution is -2.23. The molecule has 0 saturated heterocycles. The minimum atomic E-state index is 0.0443. The molecule has 0 unspecified atom stereocenters. The Labute approximate surface area is 108 Å². The topological polar surface area (TPSA) is 34.1 Å². The Bertz CT molecular complexity index is 467. The molecular weight excluding hydrogens is 224 g/mol. The van der Waals surface area contributed by atoms with Crippen LogP contribution in [0.3, 0.4) is 0 Å². The summed E-state index contributed by atoms with van der Waals surface area (Å²) in [5.74, 6) is 0.580. The highest BCUT2D eigenvalue weighted by atomic mass is 16.1. The van der Waals surface area contributed by atoms with E-state index in [2.05, 4.69) is 12.1 Å². The summed E-state index contributed by atoms with van der Waals surface area (Å²) < 4.78 is 0. The van der Waals surface area contributed by atoms with Crippen molar-refractivity contribution in [1.82, 2.24) is 0 Å². The summed E-state index contributed by atoms with van der Waals surface area (Å²) >= 11 is 0. The fraction of sp³-hybridized carbons (Fsp3) is 0.500. The zero-order chi connectivity index (χ0) is 13.3. The van der Waals surface area contributed by atoms with E-state index in [-0.39, 0.29) is 11.7 Å². The number of carbonyl (C=O) groups excluding carboxylic acids is 2. The van der Waals surface area contributed by atoms with Gasteiger partial charge in [0.05, 0.1) is 0 Å².